The van der Waals surface area contributed by atoms with E-state index in [0.29, 0.717) is 48.5 Å². The van der Waals surface area contributed by atoms with Crippen molar-refractivity contribution in [2.24, 2.45) is 0 Å². The molecule has 7 nitrogen and oxygen atoms in total. The lowest BCUT2D eigenvalue weighted by atomic mass is 9.93. The van der Waals surface area contributed by atoms with E-state index < -0.39 is 17.6 Å². The number of nitrogens with one attached hydrogen (secondary N) is 2. The number of aromatic nitrogens is 4. The maximum atomic E-state index is 14.3. The van der Waals surface area contributed by atoms with Gasteiger partial charge in [0.1, 0.15) is 11.3 Å². The van der Waals surface area contributed by atoms with Crippen molar-refractivity contribution in [1.29, 1.82) is 0 Å². The van der Waals surface area contributed by atoms with E-state index in [1.54, 1.807) is 18.2 Å². The fourth-order valence-electron chi connectivity index (χ4n) is 4.26. The molecule has 2 aromatic heterocycles. The number of halogens is 4. The number of benzene rings is 2. The molecule has 0 atom stereocenters. The van der Waals surface area contributed by atoms with Crippen LogP contribution in [0.3, 0.4) is 0 Å². The van der Waals surface area contributed by atoms with Crippen LogP contribution in [0.1, 0.15) is 37.3 Å². The molecule has 3 N–H and O–H groups in total. The van der Waals surface area contributed by atoms with Gasteiger partial charge in [0.05, 0.1) is 23.6 Å². The van der Waals surface area contributed by atoms with Gasteiger partial charge in [0.25, 0.3) is 0 Å². The molecule has 0 bridgehead atoms. The van der Waals surface area contributed by atoms with E-state index in [1.807, 2.05) is 4.57 Å². The summed E-state index contributed by atoms with van der Waals surface area (Å²) < 4.78 is 54.8. The summed E-state index contributed by atoms with van der Waals surface area (Å²) in [4.78, 5) is 13.4. The molecule has 0 spiro atoms. The van der Waals surface area contributed by atoms with E-state index in [0.717, 1.165) is 12.1 Å². The summed E-state index contributed by atoms with van der Waals surface area (Å²) in [5.74, 6) is 0.153. The topological polar surface area (TPSA) is 87.9 Å². The lowest BCUT2D eigenvalue weighted by Crippen LogP contribution is -2.22. The molecule has 5 rings (SSSR count). The Hall–Kier alpha value is -3.73. The monoisotopic (exact) mass is 486 g/mol. The van der Waals surface area contributed by atoms with E-state index in [2.05, 4.69) is 25.6 Å². The van der Waals surface area contributed by atoms with Crippen LogP contribution in [0.15, 0.2) is 54.7 Å². The highest BCUT2D eigenvalue weighted by atomic mass is 19.4. The zero-order chi connectivity index (χ0) is 24.6. The average Bonchev–Trinajstić information content (AvgIpc) is 3.18. The molecule has 4 aromatic rings. The molecule has 2 aromatic carbocycles. The van der Waals surface area contributed by atoms with Crippen molar-refractivity contribution in [3.63, 3.8) is 0 Å². The van der Waals surface area contributed by atoms with E-state index in [9.17, 15) is 22.7 Å². The fraction of sp³-hybridized carbons (Fsp3) is 0.292. The zero-order valence-electron chi connectivity index (χ0n) is 18.4. The summed E-state index contributed by atoms with van der Waals surface area (Å²) >= 11 is 0. The summed E-state index contributed by atoms with van der Waals surface area (Å²) in [5.41, 5.74) is 0.883. The first-order valence-electron chi connectivity index (χ1n) is 11.2. The van der Waals surface area contributed by atoms with Crippen molar-refractivity contribution in [3.8, 4) is 0 Å². The number of hydrogen-bond acceptors (Lipinski definition) is 6. The number of anilines is 4. The summed E-state index contributed by atoms with van der Waals surface area (Å²) in [7, 11) is 0. The average molecular weight is 486 g/mol. The highest BCUT2D eigenvalue weighted by Gasteiger charge is 2.30. The quantitative estimate of drug-likeness (QED) is 0.302. The van der Waals surface area contributed by atoms with Crippen LogP contribution in [0, 0.1) is 5.82 Å². The third-order valence-electron chi connectivity index (χ3n) is 6.05. The van der Waals surface area contributed by atoms with Crippen LogP contribution in [0.5, 0.6) is 0 Å². The first-order chi connectivity index (χ1) is 16.8. The first kappa shape index (κ1) is 23.0. The zero-order valence-corrected chi connectivity index (χ0v) is 18.4. The second-order valence-corrected chi connectivity index (χ2v) is 8.48. The Balaban J connectivity index is 1.50. The standard InChI is InChI=1S/C24H22F4N6O/c25-18-3-1-2-4-19(18)31-23-32-20-13-29-22(30-15-7-5-14(6-8-15)24(26,27)28)33-21(20)34(23)16-9-11-17(35)12-10-16/h1-8,13,16-17,35H,9-12H2,(H,31,32)(H,29,30,33)/t16-,17-. The second-order valence-electron chi connectivity index (χ2n) is 8.48. The Morgan fingerprint density at radius 3 is 2.31 bits per heavy atom. The number of alkyl halides is 3. The van der Waals surface area contributed by atoms with E-state index in [4.69, 9.17) is 0 Å². The predicted molar refractivity (Wildman–Crippen MR) is 123 cm³/mol. The molecule has 0 radical (unpaired) electrons. The van der Waals surface area contributed by atoms with Gasteiger partial charge in [-0.1, -0.05) is 12.1 Å². The predicted octanol–water partition coefficient (Wildman–Crippen LogP) is 5.95. The molecular weight excluding hydrogens is 464 g/mol. The molecule has 182 valence electrons. The number of imidazole rings is 1. The van der Waals surface area contributed by atoms with Crippen molar-refractivity contribution < 1.29 is 22.7 Å². The van der Waals surface area contributed by atoms with E-state index in [-0.39, 0.29) is 23.8 Å². The van der Waals surface area contributed by atoms with Gasteiger partial charge in [-0.3, -0.25) is 4.57 Å². The van der Waals surface area contributed by atoms with Crippen LogP contribution < -0.4 is 10.6 Å². The van der Waals surface area contributed by atoms with Gasteiger partial charge in [-0.25, -0.2) is 14.4 Å². The number of hydrogen-bond donors (Lipinski definition) is 3. The van der Waals surface area contributed by atoms with Crippen LogP contribution in [0.2, 0.25) is 0 Å². The largest absolute Gasteiger partial charge is 0.416 e. The van der Waals surface area contributed by atoms with Gasteiger partial charge >= 0.3 is 6.18 Å². The summed E-state index contributed by atoms with van der Waals surface area (Å²) in [6.45, 7) is 0. The molecule has 1 aliphatic carbocycles. The van der Waals surface area contributed by atoms with Crippen LogP contribution >= 0.6 is 0 Å². The van der Waals surface area contributed by atoms with Gasteiger partial charge in [0.15, 0.2) is 5.65 Å². The second kappa shape index (κ2) is 9.14. The molecule has 0 unspecified atom stereocenters. The minimum absolute atomic E-state index is 0.0357. The third kappa shape index (κ3) is 4.90. The molecule has 11 heteroatoms. The highest BCUT2D eigenvalue weighted by molar-refractivity contribution is 5.77. The Morgan fingerprint density at radius 1 is 0.914 bits per heavy atom. The number of aliphatic hydroxyl groups excluding tert-OH is 1. The van der Waals surface area contributed by atoms with Crippen LogP contribution in [0.25, 0.3) is 11.2 Å². The highest BCUT2D eigenvalue weighted by Crippen LogP contribution is 2.35. The molecule has 0 saturated heterocycles. The van der Waals surface area contributed by atoms with Crippen molar-refractivity contribution in [2.75, 3.05) is 10.6 Å². The number of nitrogens with zero attached hydrogens (tertiary/aromatic N) is 4. The van der Waals surface area contributed by atoms with Crippen molar-refractivity contribution in [2.45, 2.75) is 44.0 Å². The van der Waals surface area contributed by atoms with Crippen LogP contribution in [-0.4, -0.2) is 30.7 Å². The molecule has 2 heterocycles. The number of aliphatic hydroxyl groups is 1. The lowest BCUT2D eigenvalue weighted by Gasteiger charge is -2.28. The minimum Gasteiger partial charge on any atom is -0.393 e. The number of para-hydroxylation sites is 1. The maximum Gasteiger partial charge on any atom is 0.416 e. The van der Waals surface area contributed by atoms with Crippen molar-refractivity contribution in [1.82, 2.24) is 19.5 Å². The molecule has 1 fully saturated rings. The van der Waals surface area contributed by atoms with Crippen LogP contribution in [-0.2, 0) is 6.18 Å². The molecule has 0 aliphatic heterocycles. The fourth-order valence-corrected chi connectivity index (χ4v) is 4.26. The smallest absolute Gasteiger partial charge is 0.393 e. The lowest BCUT2D eigenvalue weighted by molar-refractivity contribution is -0.137. The van der Waals surface area contributed by atoms with Gasteiger partial charge in [-0.2, -0.15) is 18.2 Å². The maximum absolute atomic E-state index is 14.3. The minimum atomic E-state index is -4.42. The summed E-state index contributed by atoms with van der Waals surface area (Å²) in [6, 6.07) is 10.8. The molecule has 1 aliphatic rings. The van der Waals surface area contributed by atoms with Crippen LogP contribution in [0.4, 0.5) is 40.8 Å². The Bertz CT molecular complexity index is 1330. The van der Waals surface area contributed by atoms with Gasteiger partial charge in [0, 0.05) is 11.7 Å². The van der Waals surface area contributed by atoms with Gasteiger partial charge < -0.3 is 15.7 Å². The first-order valence-corrected chi connectivity index (χ1v) is 11.2. The SMILES string of the molecule is O[C@H]1CC[C@H](n2c(Nc3ccccc3F)nc3cnc(Nc4ccc(C(F)(F)F)cc4)nc32)CC1. The van der Waals surface area contributed by atoms with Gasteiger partial charge in [0.2, 0.25) is 11.9 Å². The summed E-state index contributed by atoms with van der Waals surface area (Å²) in [5, 5.41) is 15.9. The van der Waals surface area contributed by atoms with Crippen molar-refractivity contribution >= 4 is 34.4 Å². The van der Waals surface area contributed by atoms with Crippen molar-refractivity contribution in [3.05, 3.63) is 66.1 Å². The molecule has 1 saturated carbocycles. The third-order valence-corrected chi connectivity index (χ3v) is 6.05. The van der Waals surface area contributed by atoms with Gasteiger partial charge in [-0.15, -0.1) is 0 Å². The molecular formula is C24H22F4N6O. The molecule has 0 amide bonds. The Labute approximate surface area is 197 Å². The van der Waals surface area contributed by atoms with E-state index >= 15 is 0 Å². The normalized spacial score (nSPS) is 18.5. The number of fused-ring (bicyclic) bond motifs is 1. The Kier molecular flexibility index (Phi) is 6.01. The Morgan fingerprint density at radius 2 is 1.63 bits per heavy atom. The molecule has 35 heavy (non-hydrogen) atoms. The number of rotatable bonds is 5. The summed E-state index contributed by atoms with van der Waals surface area (Å²) in [6.07, 6.45) is -0.675. The van der Waals surface area contributed by atoms with Gasteiger partial charge in [-0.05, 0) is 62.1 Å². The van der Waals surface area contributed by atoms with E-state index in [1.165, 1.54) is 24.4 Å².